The van der Waals surface area contributed by atoms with Gasteiger partial charge in [0.05, 0.1) is 0 Å². The summed E-state index contributed by atoms with van der Waals surface area (Å²) < 4.78 is 5.60. The molecular weight excluding hydrogens is 354 g/mol. The van der Waals surface area contributed by atoms with Crippen molar-refractivity contribution >= 4 is 17.5 Å². The molecule has 0 aliphatic carbocycles. The van der Waals surface area contributed by atoms with Gasteiger partial charge >= 0.3 is 0 Å². The van der Waals surface area contributed by atoms with E-state index in [4.69, 9.17) is 4.74 Å². The number of carbonyl (C=O) groups is 2. The van der Waals surface area contributed by atoms with Crippen molar-refractivity contribution in [2.24, 2.45) is 0 Å². The average Bonchev–Trinajstić information content (AvgIpc) is 2.72. The first kappa shape index (κ1) is 21.3. The van der Waals surface area contributed by atoms with Crippen molar-refractivity contribution in [2.45, 2.75) is 33.6 Å². The molecule has 0 atom stereocenters. The number of hydrogen-bond acceptors (Lipinski definition) is 4. The second-order valence-corrected chi connectivity index (χ2v) is 6.70. The molecule has 150 valence electrons. The van der Waals surface area contributed by atoms with Crippen LogP contribution in [-0.4, -0.2) is 31.5 Å². The summed E-state index contributed by atoms with van der Waals surface area (Å²) in [5.41, 5.74) is 7.37. The van der Waals surface area contributed by atoms with Gasteiger partial charge in [-0.3, -0.25) is 20.4 Å². The minimum Gasteiger partial charge on any atom is -0.483 e. The van der Waals surface area contributed by atoms with Gasteiger partial charge in [-0.05, 0) is 55.7 Å². The maximum atomic E-state index is 12.2. The van der Waals surface area contributed by atoms with E-state index < -0.39 is 5.91 Å². The van der Waals surface area contributed by atoms with Crippen LogP contribution in [0.25, 0.3) is 0 Å². The fraction of sp³-hybridized carbons (Fsp3) is 0.364. The zero-order valence-corrected chi connectivity index (χ0v) is 17.0. The van der Waals surface area contributed by atoms with E-state index in [1.54, 1.807) is 12.1 Å². The third-order valence-corrected chi connectivity index (χ3v) is 4.47. The van der Waals surface area contributed by atoms with Crippen LogP contribution in [0.4, 0.5) is 5.69 Å². The highest BCUT2D eigenvalue weighted by molar-refractivity contribution is 5.95. The summed E-state index contributed by atoms with van der Waals surface area (Å²) in [7, 11) is 0. The third kappa shape index (κ3) is 5.74. The molecule has 0 saturated heterocycles. The molecule has 2 rings (SSSR count). The highest BCUT2D eigenvalue weighted by Crippen LogP contribution is 2.25. The van der Waals surface area contributed by atoms with Gasteiger partial charge in [-0.15, -0.1) is 0 Å². The number of anilines is 1. The zero-order valence-electron chi connectivity index (χ0n) is 17.0. The quantitative estimate of drug-likeness (QED) is 0.685. The molecule has 2 aromatic rings. The van der Waals surface area contributed by atoms with Crippen molar-refractivity contribution in [2.75, 3.05) is 24.6 Å². The van der Waals surface area contributed by atoms with Crippen molar-refractivity contribution in [1.29, 1.82) is 0 Å². The Balaban J connectivity index is 1.85. The average molecular weight is 383 g/mol. The number of benzene rings is 2. The second kappa shape index (κ2) is 10.3. The van der Waals surface area contributed by atoms with E-state index in [1.807, 2.05) is 36.4 Å². The van der Waals surface area contributed by atoms with Crippen molar-refractivity contribution in [3.8, 4) is 5.75 Å². The number of hydrazine groups is 1. The summed E-state index contributed by atoms with van der Waals surface area (Å²) in [6, 6.07) is 14.9. The number of amides is 2. The molecule has 0 aromatic heterocycles. The normalized spacial score (nSPS) is 10.5. The molecule has 6 nitrogen and oxygen atoms in total. The Labute approximate surface area is 166 Å². The summed E-state index contributed by atoms with van der Waals surface area (Å²) >= 11 is 0. The maximum absolute atomic E-state index is 12.2. The summed E-state index contributed by atoms with van der Waals surface area (Å²) in [6.07, 6.45) is 0. The lowest BCUT2D eigenvalue weighted by Gasteiger charge is -2.21. The number of rotatable bonds is 8. The van der Waals surface area contributed by atoms with Gasteiger partial charge in [0.15, 0.2) is 6.61 Å². The lowest BCUT2D eigenvalue weighted by Crippen LogP contribution is -2.43. The van der Waals surface area contributed by atoms with Gasteiger partial charge in [0.2, 0.25) is 0 Å². The van der Waals surface area contributed by atoms with Crippen LogP contribution in [0.5, 0.6) is 5.75 Å². The largest absolute Gasteiger partial charge is 0.483 e. The minimum atomic E-state index is -0.424. The Kier molecular flexibility index (Phi) is 7.87. The molecule has 0 radical (unpaired) electrons. The Hall–Kier alpha value is -3.02. The molecule has 0 aliphatic heterocycles. The van der Waals surface area contributed by atoms with E-state index in [1.165, 1.54) is 0 Å². The molecule has 0 fully saturated rings. The van der Waals surface area contributed by atoms with Crippen LogP contribution in [-0.2, 0) is 4.79 Å². The van der Waals surface area contributed by atoms with Gasteiger partial charge < -0.3 is 9.64 Å². The van der Waals surface area contributed by atoms with Gasteiger partial charge in [-0.2, -0.15) is 0 Å². The monoisotopic (exact) mass is 383 g/mol. The summed E-state index contributed by atoms with van der Waals surface area (Å²) in [4.78, 5) is 26.4. The zero-order chi connectivity index (χ0) is 20.5. The molecule has 2 aromatic carbocycles. The summed E-state index contributed by atoms with van der Waals surface area (Å²) in [5, 5.41) is 0. The summed E-state index contributed by atoms with van der Waals surface area (Å²) in [5.74, 6) is 0.165. The lowest BCUT2D eigenvalue weighted by molar-refractivity contribution is -0.123. The van der Waals surface area contributed by atoms with E-state index in [2.05, 4.69) is 43.4 Å². The number of para-hydroxylation sites is 1. The Morgan fingerprint density at radius 2 is 1.61 bits per heavy atom. The number of nitrogens with one attached hydrogen (secondary N) is 2. The molecule has 0 unspecified atom stereocenters. The van der Waals surface area contributed by atoms with Crippen molar-refractivity contribution in [3.05, 3.63) is 59.7 Å². The number of hydrogen-bond donors (Lipinski definition) is 2. The van der Waals surface area contributed by atoms with Gasteiger partial charge in [0, 0.05) is 24.3 Å². The topological polar surface area (TPSA) is 70.7 Å². The van der Waals surface area contributed by atoms with E-state index in [9.17, 15) is 9.59 Å². The van der Waals surface area contributed by atoms with Crippen molar-refractivity contribution in [1.82, 2.24) is 10.9 Å². The highest BCUT2D eigenvalue weighted by Gasteiger charge is 2.11. The van der Waals surface area contributed by atoms with Crippen LogP contribution >= 0.6 is 0 Å². The molecule has 0 spiro atoms. The van der Waals surface area contributed by atoms with E-state index in [-0.39, 0.29) is 12.5 Å². The van der Waals surface area contributed by atoms with Gasteiger partial charge in [0.1, 0.15) is 5.75 Å². The van der Waals surface area contributed by atoms with Crippen LogP contribution in [0.1, 0.15) is 49.5 Å². The number of nitrogens with zero attached hydrogens (tertiary/aromatic N) is 1. The van der Waals surface area contributed by atoms with Crippen molar-refractivity contribution < 1.29 is 14.3 Å². The first-order chi connectivity index (χ1) is 13.5. The first-order valence-electron chi connectivity index (χ1n) is 9.62. The molecule has 0 aliphatic rings. The standard InChI is InChI=1S/C22H29N3O3/c1-5-25(6-2)18-13-11-17(12-14-18)22(27)24-23-21(26)15-28-20-10-8-7-9-19(20)16(3)4/h7-14,16H,5-6,15H2,1-4H3,(H,23,26)(H,24,27). The molecule has 6 heteroatoms. The molecule has 0 heterocycles. The van der Waals surface area contributed by atoms with Crippen LogP contribution < -0.4 is 20.5 Å². The van der Waals surface area contributed by atoms with Gasteiger partial charge in [-0.25, -0.2) is 0 Å². The van der Waals surface area contributed by atoms with Crippen LogP contribution in [0, 0.1) is 0 Å². The fourth-order valence-corrected chi connectivity index (χ4v) is 2.88. The smallest absolute Gasteiger partial charge is 0.276 e. The highest BCUT2D eigenvalue weighted by atomic mass is 16.5. The molecule has 2 N–H and O–H groups in total. The molecule has 0 bridgehead atoms. The third-order valence-electron chi connectivity index (χ3n) is 4.47. The van der Waals surface area contributed by atoms with Crippen LogP contribution in [0.2, 0.25) is 0 Å². The van der Waals surface area contributed by atoms with Crippen LogP contribution in [0.3, 0.4) is 0 Å². The van der Waals surface area contributed by atoms with E-state index >= 15 is 0 Å². The van der Waals surface area contributed by atoms with E-state index in [0.29, 0.717) is 17.2 Å². The first-order valence-corrected chi connectivity index (χ1v) is 9.62. The number of carbonyl (C=O) groups excluding carboxylic acids is 2. The molecule has 28 heavy (non-hydrogen) atoms. The molecular formula is C22H29N3O3. The second-order valence-electron chi connectivity index (χ2n) is 6.70. The Bertz CT molecular complexity index is 784. The molecule has 0 saturated carbocycles. The lowest BCUT2D eigenvalue weighted by atomic mass is 10.0. The summed E-state index contributed by atoms with van der Waals surface area (Å²) in [6.45, 7) is 9.92. The predicted molar refractivity (Wildman–Crippen MR) is 112 cm³/mol. The Morgan fingerprint density at radius 3 is 2.21 bits per heavy atom. The van der Waals surface area contributed by atoms with E-state index in [0.717, 1.165) is 24.3 Å². The maximum Gasteiger partial charge on any atom is 0.276 e. The Morgan fingerprint density at radius 1 is 0.964 bits per heavy atom. The fourth-order valence-electron chi connectivity index (χ4n) is 2.88. The number of ether oxygens (including phenoxy) is 1. The molecule has 2 amide bonds. The minimum absolute atomic E-state index is 0.176. The predicted octanol–water partition coefficient (Wildman–Crippen LogP) is 3.50. The van der Waals surface area contributed by atoms with Gasteiger partial charge in [-0.1, -0.05) is 32.0 Å². The van der Waals surface area contributed by atoms with Crippen LogP contribution in [0.15, 0.2) is 48.5 Å². The van der Waals surface area contributed by atoms with Crippen molar-refractivity contribution in [3.63, 3.8) is 0 Å². The van der Waals surface area contributed by atoms with Gasteiger partial charge in [0.25, 0.3) is 11.8 Å². The SMILES string of the molecule is CCN(CC)c1ccc(C(=O)NNC(=O)COc2ccccc2C(C)C)cc1.